The lowest BCUT2D eigenvalue weighted by Gasteiger charge is -2.34. The molecule has 2 fully saturated rings. The van der Waals surface area contributed by atoms with Crippen LogP contribution in [0.25, 0.3) is 0 Å². The molecule has 0 aromatic heterocycles. The van der Waals surface area contributed by atoms with Crippen LogP contribution in [-0.2, 0) is 18.9 Å². The van der Waals surface area contributed by atoms with Crippen LogP contribution in [0.15, 0.2) is 30.3 Å². The molecule has 1 aromatic carbocycles. The average Bonchev–Trinajstić information content (AvgIpc) is 2.99. The minimum absolute atomic E-state index is 0.0320. The zero-order valence-corrected chi connectivity index (χ0v) is 15.1. The van der Waals surface area contributed by atoms with E-state index in [1.165, 1.54) is 0 Å². The largest absolute Gasteiger partial charge is 0.454 e. The van der Waals surface area contributed by atoms with Gasteiger partial charge in [-0.2, -0.15) is 0 Å². The van der Waals surface area contributed by atoms with Crippen molar-refractivity contribution in [3.63, 3.8) is 0 Å². The fraction of sp³-hybridized carbons (Fsp3) is 0.632. The van der Waals surface area contributed by atoms with Crippen molar-refractivity contribution in [2.75, 3.05) is 40.2 Å². The highest BCUT2D eigenvalue weighted by Gasteiger charge is 2.47. The second kappa shape index (κ2) is 9.43. The Labute approximate surface area is 153 Å². The highest BCUT2D eigenvalue weighted by molar-refractivity contribution is 5.89. The van der Waals surface area contributed by atoms with Crippen LogP contribution in [0.1, 0.15) is 23.2 Å². The highest BCUT2D eigenvalue weighted by Crippen LogP contribution is 2.32. The molecule has 0 amide bonds. The average molecular weight is 365 g/mol. The minimum atomic E-state index is -0.427. The zero-order valence-electron chi connectivity index (χ0n) is 15.1. The van der Waals surface area contributed by atoms with Crippen molar-refractivity contribution >= 4 is 5.97 Å². The maximum atomic E-state index is 12.5. The number of benzene rings is 1. The number of esters is 1. The maximum absolute atomic E-state index is 12.5. The summed E-state index contributed by atoms with van der Waals surface area (Å²) in [4.78, 5) is 14.7. The molecule has 0 aliphatic carbocycles. The summed E-state index contributed by atoms with van der Waals surface area (Å²) < 4.78 is 22.0. The molecule has 2 saturated heterocycles. The van der Waals surface area contributed by atoms with Crippen molar-refractivity contribution < 1.29 is 28.8 Å². The molecule has 1 aromatic rings. The minimum Gasteiger partial charge on any atom is -0.454 e. The van der Waals surface area contributed by atoms with Crippen LogP contribution < -0.4 is 0 Å². The molecule has 0 bridgehead atoms. The number of nitrogens with zero attached hydrogens (tertiary/aromatic N) is 1. The molecular formula is C19H27NO6. The maximum Gasteiger partial charge on any atom is 0.338 e. The zero-order chi connectivity index (χ0) is 18.4. The molecule has 0 radical (unpaired) electrons. The van der Waals surface area contributed by atoms with Gasteiger partial charge in [-0.05, 0) is 25.0 Å². The summed E-state index contributed by atoms with van der Waals surface area (Å²) in [6.45, 7) is 2.51. The molecule has 0 spiro atoms. The lowest BCUT2D eigenvalue weighted by atomic mass is 9.97. The summed E-state index contributed by atoms with van der Waals surface area (Å²) in [5.74, 6) is -0.369. The topological polar surface area (TPSA) is 77.5 Å². The summed E-state index contributed by atoms with van der Waals surface area (Å²) in [7, 11) is 1.61. The lowest BCUT2D eigenvalue weighted by molar-refractivity contribution is -0.121. The Morgan fingerprint density at radius 3 is 2.85 bits per heavy atom. The number of fused-ring (bicyclic) bond motifs is 1. The lowest BCUT2D eigenvalue weighted by Crippen LogP contribution is -2.46. The molecule has 2 aliphatic heterocycles. The van der Waals surface area contributed by atoms with E-state index in [9.17, 15) is 9.90 Å². The molecule has 3 rings (SSSR count). The summed E-state index contributed by atoms with van der Waals surface area (Å²) in [5, 5.41) is 10.0. The quantitative estimate of drug-likeness (QED) is 0.419. The van der Waals surface area contributed by atoms with Gasteiger partial charge in [0.05, 0.1) is 30.9 Å². The normalized spacial score (nSPS) is 28.7. The number of rotatable bonds is 8. The van der Waals surface area contributed by atoms with Crippen molar-refractivity contribution in [3.8, 4) is 0 Å². The molecule has 26 heavy (non-hydrogen) atoms. The van der Waals surface area contributed by atoms with Gasteiger partial charge in [-0.25, -0.2) is 4.79 Å². The van der Waals surface area contributed by atoms with E-state index in [0.717, 1.165) is 13.0 Å². The predicted octanol–water partition coefficient (Wildman–Crippen LogP) is 1.06. The van der Waals surface area contributed by atoms with Gasteiger partial charge in [0.15, 0.2) is 0 Å². The number of methoxy groups -OCH3 is 1. The Bertz CT molecular complexity index is 568. The summed E-state index contributed by atoms with van der Waals surface area (Å²) in [5.41, 5.74) is 0.511. The number of piperidine rings is 1. The smallest absolute Gasteiger partial charge is 0.338 e. The van der Waals surface area contributed by atoms with Crippen LogP contribution in [-0.4, -0.2) is 80.5 Å². The van der Waals surface area contributed by atoms with E-state index in [-0.39, 0.29) is 31.0 Å². The first kappa shape index (κ1) is 19.3. The second-order valence-electron chi connectivity index (χ2n) is 6.70. The van der Waals surface area contributed by atoms with Crippen molar-refractivity contribution in [1.29, 1.82) is 0 Å². The number of aliphatic hydroxyl groups is 1. The first-order chi connectivity index (χ1) is 12.7. The third-order valence-electron chi connectivity index (χ3n) is 4.94. The van der Waals surface area contributed by atoms with Crippen LogP contribution in [0.4, 0.5) is 0 Å². The molecule has 7 heteroatoms. The number of ether oxygens (including phenoxy) is 4. The van der Waals surface area contributed by atoms with Crippen molar-refractivity contribution in [3.05, 3.63) is 35.9 Å². The first-order valence-electron chi connectivity index (χ1n) is 9.05. The Morgan fingerprint density at radius 2 is 2.08 bits per heavy atom. The fourth-order valence-electron chi connectivity index (χ4n) is 3.58. The molecule has 2 aliphatic rings. The summed E-state index contributed by atoms with van der Waals surface area (Å²) in [6.07, 6.45) is 0.236. The van der Waals surface area contributed by atoms with E-state index in [0.29, 0.717) is 31.7 Å². The number of hydrogen-bond acceptors (Lipinski definition) is 7. The molecular weight excluding hydrogens is 338 g/mol. The summed E-state index contributed by atoms with van der Waals surface area (Å²) >= 11 is 0. The Kier molecular flexibility index (Phi) is 6.99. The monoisotopic (exact) mass is 365 g/mol. The Hall–Kier alpha value is -1.51. The van der Waals surface area contributed by atoms with Gasteiger partial charge in [0, 0.05) is 20.2 Å². The van der Waals surface area contributed by atoms with Crippen LogP contribution >= 0.6 is 0 Å². The molecule has 0 saturated carbocycles. The highest BCUT2D eigenvalue weighted by atomic mass is 16.7. The van der Waals surface area contributed by atoms with Crippen molar-refractivity contribution in [2.45, 2.75) is 37.2 Å². The van der Waals surface area contributed by atoms with E-state index in [1.807, 2.05) is 6.07 Å². The van der Waals surface area contributed by atoms with E-state index in [4.69, 9.17) is 18.9 Å². The van der Waals surface area contributed by atoms with E-state index in [2.05, 4.69) is 4.90 Å². The standard InChI is InChI=1S/C19H27NO6/c1-23-9-10-24-13-25-17-12-20-8-7-15(21)11-16(20)18(17)26-19(22)14-5-3-2-4-6-14/h2-6,15-18,21H,7-13H2,1H3/t15-,16+,17-,18+/m0/s1. The predicted molar refractivity (Wildman–Crippen MR) is 93.8 cm³/mol. The fourth-order valence-corrected chi connectivity index (χ4v) is 3.58. The van der Waals surface area contributed by atoms with E-state index >= 15 is 0 Å². The molecule has 0 unspecified atom stereocenters. The van der Waals surface area contributed by atoms with Gasteiger partial charge in [0.25, 0.3) is 0 Å². The van der Waals surface area contributed by atoms with Crippen LogP contribution in [0.5, 0.6) is 0 Å². The number of aliphatic hydroxyl groups excluding tert-OH is 1. The van der Waals surface area contributed by atoms with Gasteiger partial charge in [-0.15, -0.1) is 0 Å². The van der Waals surface area contributed by atoms with E-state index in [1.54, 1.807) is 31.4 Å². The van der Waals surface area contributed by atoms with Crippen molar-refractivity contribution in [2.24, 2.45) is 0 Å². The van der Waals surface area contributed by atoms with Crippen LogP contribution in [0.2, 0.25) is 0 Å². The van der Waals surface area contributed by atoms with Crippen LogP contribution in [0.3, 0.4) is 0 Å². The number of carbonyl (C=O) groups is 1. The van der Waals surface area contributed by atoms with Crippen molar-refractivity contribution in [1.82, 2.24) is 4.90 Å². The third-order valence-corrected chi connectivity index (χ3v) is 4.94. The molecule has 7 nitrogen and oxygen atoms in total. The second-order valence-corrected chi connectivity index (χ2v) is 6.70. The Morgan fingerprint density at radius 1 is 1.27 bits per heavy atom. The number of hydrogen-bond donors (Lipinski definition) is 1. The Balaban J connectivity index is 1.63. The van der Waals surface area contributed by atoms with Gasteiger partial charge in [0.2, 0.25) is 0 Å². The van der Waals surface area contributed by atoms with E-state index < -0.39 is 6.10 Å². The van der Waals surface area contributed by atoms with Gasteiger partial charge in [-0.1, -0.05) is 18.2 Å². The molecule has 144 valence electrons. The van der Waals surface area contributed by atoms with Gasteiger partial charge in [0.1, 0.15) is 19.0 Å². The molecule has 2 heterocycles. The molecule has 4 atom stereocenters. The summed E-state index contributed by atoms with van der Waals surface area (Å²) in [6, 6.07) is 8.90. The van der Waals surface area contributed by atoms with Gasteiger partial charge < -0.3 is 24.1 Å². The number of carbonyl (C=O) groups excluding carboxylic acids is 1. The van der Waals surface area contributed by atoms with Gasteiger partial charge >= 0.3 is 5.97 Å². The molecule has 1 N–H and O–H groups in total. The first-order valence-corrected chi connectivity index (χ1v) is 9.05. The SMILES string of the molecule is COCCOCO[C@H]1CN2CC[C@H](O)C[C@@H]2[C@H]1OC(=O)c1ccccc1. The van der Waals surface area contributed by atoms with Crippen LogP contribution in [0, 0.1) is 0 Å². The van der Waals surface area contributed by atoms with Gasteiger partial charge in [-0.3, -0.25) is 4.90 Å². The third kappa shape index (κ3) is 4.81.